The fraction of sp³-hybridized carbons (Fsp3) is 0.0588. The van der Waals surface area contributed by atoms with Gasteiger partial charge >= 0.3 is 5.97 Å². The molecule has 2 aromatic carbocycles. The van der Waals surface area contributed by atoms with Crippen LogP contribution in [0.3, 0.4) is 0 Å². The number of halogens is 1. The van der Waals surface area contributed by atoms with Crippen LogP contribution >= 0.6 is 11.3 Å². The summed E-state index contributed by atoms with van der Waals surface area (Å²) in [7, 11) is 0. The molecule has 0 saturated heterocycles. The van der Waals surface area contributed by atoms with E-state index in [1.165, 1.54) is 29.5 Å². The average molecular weight is 344 g/mol. The SMILES string of the molecule is Nc1nc(-c2ccc(OCc3cccc(F)c3)c(C(=O)O)c2)cs1. The minimum absolute atomic E-state index is 0.00970. The Hall–Kier alpha value is -2.93. The minimum atomic E-state index is -1.12. The molecule has 0 fully saturated rings. The van der Waals surface area contributed by atoms with Gasteiger partial charge in [0.15, 0.2) is 5.13 Å². The Kier molecular flexibility index (Phi) is 4.43. The number of aromatic carboxylic acids is 1. The van der Waals surface area contributed by atoms with Crippen LogP contribution in [0.1, 0.15) is 15.9 Å². The molecule has 24 heavy (non-hydrogen) atoms. The highest BCUT2D eigenvalue weighted by Crippen LogP contribution is 2.29. The first-order valence-electron chi connectivity index (χ1n) is 6.99. The lowest BCUT2D eigenvalue weighted by Gasteiger charge is -2.10. The van der Waals surface area contributed by atoms with Crippen LogP contribution < -0.4 is 10.5 Å². The van der Waals surface area contributed by atoms with Crippen molar-refractivity contribution in [1.29, 1.82) is 0 Å². The lowest BCUT2D eigenvalue weighted by molar-refractivity contribution is 0.0692. The van der Waals surface area contributed by atoms with Gasteiger partial charge in [-0.25, -0.2) is 14.2 Å². The fourth-order valence-corrected chi connectivity index (χ4v) is 2.76. The molecule has 3 rings (SSSR count). The van der Waals surface area contributed by atoms with Crippen LogP contribution in [0.2, 0.25) is 0 Å². The first-order chi connectivity index (χ1) is 11.5. The minimum Gasteiger partial charge on any atom is -0.488 e. The van der Waals surface area contributed by atoms with Crippen molar-refractivity contribution in [2.45, 2.75) is 6.61 Å². The predicted molar refractivity (Wildman–Crippen MR) is 89.7 cm³/mol. The smallest absolute Gasteiger partial charge is 0.339 e. The maximum Gasteiger partial charge on any atom is 0.339 e. The van der Waals surface area contributed by atoms with Gasteiger partial charge in [0.25, 0.3) is 0 Å². The normalized spacial score (nSPS) is 10.5. The number of nitrogens with zero attached hydrogens (tertiary/aromatic N) is 1. The summed E-state index contributed by atoms with van der Waals surface area (Å²) in [5.41, 5.74) is 7.47. The van der Waals surface area contributed by atoms with E-state index >= 15 is 0 Å². The molecule has 0 atom stereocenters. The summed E-state index contributed by atoms with van der Waals surface area (Å²) in [5.74, 6) is -1.28. The summed E-state index contributed by atoms with van der Waals surface area (Å²) in [6.45, 7) is 0.0705. The maximum atomic E-state index is 13.2. The molecule has 0 saturated carbocycles. The monoisotopic (exact) mass is 344 g/mol. The number of aromatic nitrogens is 1. The van der Waals surface area contributed by atoms with Crippen LogP contribution in [-0.4, -0.2) is 16.1 Å². The summed E-state index contributed by atoms with van der Waals surface area (Å²) in [4.78, 5) is 15.6. The molecule has 5 nitrogen and oxygen atoms in total. The molecule has 1 aromatic heterocycles. The number of thiazole rings is 1. The Morgan fingerprint density at radius 1 is 1.29 bits per heavy atom. The van der Waals surface area contributed by atoms with Gasteiger partial charge in [-0.05, 0) is 35.9 Å². The molecule has 0 aliphatic heterocycles. The molecule has 0 aliphatic rings. The number of hydrogen-bond donors (Lipinski definition) is 2. The number of hydrogen-bond acceptors (Lipinski definition) is 5. The zero-order chi connectivity index (χ0) is 17.1. The van der Waals surface area contributed by atoms with E-state index < -0.39 is 5.97 Å². The fourth-order valence-electron chi connectivity index (χ4n) is 2.19. The Morgan fingerprint density at radius 2 is 2.12 bits per heavy atom. The van der Waals surface area contributed by atoms with E-state index in [9.17, 15) is 14.3 Å². The number of carboxylic acid groups (broad SMARTS) is 1. The van der Waals surface area contributed by atoms with Crippen LogP contribution in [0.25, 0.3) is 11.3 Å². The van der Waals surface area contributed by atoms with E-state index in [0.29, 0.717) is 22.0 Å². The molecule has 3 aromatic rings. The summed E-state index contributed by atoms with van der Waals surface area (Å²) in [6, 6.07) is 10.7. The highest BCUT2D eigenvalue weighted by molar-refractivity contribution is 7.13. The molecular weight excluding hydrogens is 331 g/mol. The van der Waals surface area contributed by atoms with Crippen molar-refractivity contribution in [3.63, 3.8) is 0 Å². The van der Waals surface area contributed by atoms with Gasteiger partial charge in [-0.15, -0.1) is 11.3 Å². The van der Waals surface area contributed by atoms with Crippen LogP contribution in [0.5, 0.6) is 5.75 Å². The summed E-state index contributed by atoms with van der Waals surface area (Å²) in [6.07, 6.45) is 0. The van der Waals surface area contributed by atoms with E-state index in [4.69, 9.17) is 10.5 Å². The summed E-state index contributed by atoms with van der Waals surface area (Å²) < 4.78 is 18.7. The third-order valence-electron chi connectivity index (χ3n) is 3.31. The highest BCUT2D eigenvalue weighted by atomic mass is 32.1. The zero-order valence-electron chi connectivity index (χ0n) is 12.4. The first-order valence-corrected chi connectivity index (χ1v) is 7.87. The van der Waals surface area contributed by atoms with Crippen molar-refractivity contribution in [2.24, 2.45) is 0 Å². The Labute approximate surface area is 141 Å². The Balaban J connectivity index is 1.86. The number of carboxylic acids is 1. The van der Waals surface area contributed by atoms with E-state index in [1.54, 1.807) is 29.6 Å². The second-order valence-corrected chi connectivity index (χ2v) is 5.90. The molecule has 7 heteroatoms. The van der Waals surface area contributed by atoms with Crippen LogP contribution in [0.15, 0.2) is 47.8 Å². The number of anilines is 1. The van der Waals surface area contributed by atoms with Crippen LogP contribution in [-0.2, 0) is 6.61 Å². The molecule has 0 unspecified atom stereocenters. The van der Waals surface area contributed by atoms with Gasteiger partial charge in [-0.2, -0.15) is 0 Å². The average Bonchev–Trinajstić information content (AvgIpc) is 2.99. The number of carbonyl (C=O) groups is 1. The second-order valence-electron chi connectivity index (χ2n) is 5.01. The van der Waals surface area contributed by atoms with Crippen LogP contribution in [0.4, 0.5) is 9.52 Å². The topological polar surface area (TPSA) is 85.4 Å². The zero-order valence-corrected chi connectivity index (χ0v) is 13.2. The Morgan fingerprint density at radius 3 is 2.79 bits per heavy atom. The van der Waals surface area contributed by atoms with Gasteiger partial charge < -0.3 is 15.6 Å². The molecule has 122 valence electrons. The van der Waals surface area contributed by atoms with Gasteiger partial charge in [0.2, 0.25) is 0 Å². The van der Waals surface area contributed by atoms with Gasteiger partial charge in [0, 0.05) is 10.9 Å². The first kappa shape index (κ1) is 15.9. The predicted octanol–water partition coefficient (Wildman–Crippen LogP) is 3.81. The van der Waals surface area contributed by atoms with E-state index in [1.807, 2.05) is 0 Å². The molecule has 0 spiro atoms. The number of nitrogen functional groups attached to an aromatic ring is 1. The van der Waals surface area contributed by atoms with Crippen molar-refractivity contribution in [3.05, 3.63) is 64.8 Å². The molecule has 1 heterocycles. The number of benzene rings is 2. The molecule has 3 N–H and O–H groups in total. The van der Waals surface area contributed by atoms with Crippen molar-refractivity contribution in [3.8, 4) is 17.0 Å². The lowest BCUT2D eigenvalue weighted by Crippen LogP contribution is -2.04. The van der Waals surface area contributed by atoms with E-state index in [-0.39, 0.29) is 23.7 Å². The van der Waals surface area contributed by atoms with E-state index in [0.717, 1.165) is 0 Å². The molecule has 0 radical (unpaired) electrons. The van der Waals surface area contributed by atoms with Gasteiger partial charge in [0.1, 0.15) is 23.7 Å². The lowest BCUT2D eigenvalue weighted by atomic mass is 10.1. The van der Waals surface area contributed by atoms with Crippen LogP contribution in [0, 0.1) is 5.82 Å². The highest BCUT2D eigenvalue weighted by Gasteiger charge is 2.14. The molecular formula is C17H13FN2O3S. The molecule has 0 bridgehead atoms. The van der Waals surface area contributed by atoms with Gasteiger partial charge in [-0.3, -0.25) is 0 Å². The standard InChI is InChI=1S/C17H13FN2O3S/c18-12-3-1-2-10(6-12)8-23-15-5-4-11(7-13(15)16(21)22)14-9-24-17(19)20-14/h1-7,9H,8H2,(H2,19,20)(H,21,22). The van der Waals surface area contributed by atoms with E-state index in [2.05, 4.69) is 4.98 Å². The van der Waals surface area contributed by atoms with Crippen molar-refractivity contribution in [1.82, 2.24) is 4.98 Å². The Bertz CT molecular complexity index is 895. The maximum absolute atomic E-state index is 13.2. The van der Waals surface area contributed by atoms with Crippen molar-refractivity contribution in [2.75, 3.05) is 5.73 Å². The number of ether oxygens (including phenoxy) is 1. The van der Waals surface area contributed by atoms with Gasteiger partial charge in [-0.1, -0.05) is 12.1 Å². The largest absolute Gasteiger partial charge is 0.488 e. The van der Waals surface area contributed by atoms with Crippen molar-refractivity contribution < 1.29 is 19.0 Å². The number of nitrogens with two attached hydrogens (primary N) is 1. The van der Waals surface area contributed by atoms with Crippen molar-refractivity contribution >= 4 is 22.4 Å². The molecule has 0 amide bonds. The second kappa shape index (κ2) is 6.67. The quantitative estimate of drug-likeness (QED) is 0.735. The summed E-state index contributed by atoms with van der Waals surface area (Å²) >= 11 is 1.28. The van der Waals surface area contributed by atoms with Gasteiger partial charge in [0.05, 0.1) is 5.69 Å². The number of rotatable bonds is 5. The summed E-state index contributed by atoms with van der Waals surface area (Å²) in [5, 5.41) is 11.6. The molecule has 0 aliphatic carbocycles. The third kappa shape index (κ3) is 3.52. The third-order valence-corrected chi connectivity index (χ3v) is 3.98.